The molecule has 0 spiro atoms. The number of amides is 1. The first-order valence-electron chi connectivity index (χ1n) is 6.67. The summed E-state index contributed by atoms with van der Waals surface area (Å²) in [5, 5.41) is 4.64. The second-order valence-corrected chi connectivity index (χ2v) is 6.30. The fourth-order valence-corrected chi connectivity index (χ4v) is 3.54. The van der Waals surface area contributed by atoms with Gasteiger partial charge >= 0.3 is 0 Å². The van der Waals surface area contributed by atoms with E-state index in [1.807, 2.05) is 0 Å². The third-order valence-corrected chi connectivity index (χ3v) is 4.65. The Bertz CT molecular complexity index is 800. The number of aromatic nitrogens is 4. The number of nitrogens with zero attached hydrogens (tertiary/aromatic N) is 5. The van der Waals surface area contributed by atoms with E-state index >= 15 is 0 Å². The maximum atomic E-state index is 11.9. The number of carbonyl (C=O) groups is 1. The van der Waals surface area contributed by atoms with Crippen LogP contribution < -0.4 is 4.72 Å². The predicted octanol–water partition coefficient (Wildman–Crippen LogP) is -0.219. The van der Waals surface area contributed by atoms with Crippen LogP contribution in [0.5, 0.6) is 0 Å². The van der Waals surface area contributed by atoms with Crippen LogP contribution in [0, 0.1) is 0 Å². The predicted molar refractivity (Wildman–Crippen MR) is 77.8 cm³/mol. The smallest absolute Gasteiger partial charge is 0.258 e. The van der Waals surface area contributed by atoms with Crippen LogP contribution in [0.15, 0.2) is 31.0 Å². The van der Waals surface area contributed by atoms with Crippen molar-refractivity contribution in [3.8, 4) is 0 Å². The fraction of sp³-hybridized carbons (Fsp3) is 0.231. The first-order chi connectivity index (χ1) is 10.7. The summed E-state index contributed by atoms with van der Waals surface area (Å²) < 4.78 is 15.8. The van der Waals surface area contributed by atoms with Gasteiger partial charge in [0, 0.05) is 49.2 Å². The van der Waals surface area contributed by atoms with Gasteiger partial charge in [-0.3, -0.25) is 14.4 Å². The van der Waals surface area contributed by atoms with E-state index in [0.717, 1.165) is 29.9 Å². The number of carbonyl (C=O) groups excluding carboxylic acids is 1. The summed E-state index contributed by atoms with van der Waals surface area (Å²) in [5.41, 5.74) is 3.08. The van der Waals surface area contributed by atoms with E-state index in [4.69, 9.17) is 0 Å². The van der Waals surface area contributed by atoms with Gasteiger partial charge in [0.1, 0.15) is 6.33 Å². The van der Waals surface area contributed by atoms with Gasteiger partial charge in [-0.2, -0.15) is 5.10 Å². The largest absolute Gasteiger partial charge is 0.289 e. The Balaban J connectivity index is 1.57. The minimum atomic E-state index is -1.54. The average Bonchev–Trinajstić information content (AvgIpc) is 3.14. The minimum Gasteiger partial charge on any atom is -0.289 e. The average molecular weight is 316 g/mol. The molecule has 0 saturated carbocycles. The van der Waals surface area contributed by atoms with E-state index in [9.17, 15) is 9.00 Å². The van der Waals surface area contributed by atoms with E-state index in [1.54, 1.807) is 23.3 Å². The highest BCUT2D eigenvalue weighted by molar-refractivity contribution is 7.93. The molecule has 0 aliphatic carbocycles. The normalized spacial score (nSPS) is 20.8. The van der Waals surface area contributed by atoms with Crippen LogP contribution >= 0.6 is 0 Å². The fourth-order valence-electron chi connectivity index (χ4n) is 2.67. The summed E-state index contributed by atoms with van der Waals surface area (Å²) in [6.07, 6.45) is 8.18. The van der Waals surface area contributed by atoms with Crippen molar-refractivity contribution in [2.75, 3.05) is 0 Å². The van der Waals surface area contributed by atoms with Crippen molar-refractivity contribution in [1.29, 1.82) is 0 Å². The molecule has 1 atom stereocenters. The van der Waals surface area contributed by atoms with E-state index in [0.29, 0.717) is 11.6 Å². The van der Waals surface area contributed by atoms with Gasteiger partial charge in [-0.05, 0) is 0 Å². The number of hydrogen-bond acceptors (Lipinski definition) is 6. The highest BCUT2D eigenvalue weighted by Crippen LogP contribution is 2.27. The van der Waals surface area contributed by atoms with E-state index in [1.165, 1.54) is 12.4 Å². The molecule has 2 aliphatic rings. The van der Waals surface area contributed by atoms with Crippen molar-refractivity contribution in [2.24, 2.45) is 0 Å². The molecule has 4 rings (SSSR count). The molecule has 112 valence electrons. The summed E-state index contributed by atoms with van der Waals surface area (Å²) in [5.74, 6) is -0.353. The van der Waals surface area contributed by atoms with Crippen molar-refractivity contribution in [3.63, 3.8) is 0 Å². The van der Waals surface area contributed by atoms with Crippen molar-refractivity contribution in [3.05, 3.63) is 47.8 Å². The van der Waals surface area contributed by atoms with Crippen LogP contribution in [0.4, 0.5) is 0 Å². The van der Waals surface area contributed by atoms with E-state index in [-0.39, 0.29) is 5.91 Å². The lowest BCUT2D eigenvalue weighted by Crippen LogP contribution is -2.20. The van der Waals surface area contributed by atoms with Crippen LogP contribution in [-0.4, -0.2) is 34.8 Å². The second-order valence-electron chi connectivity index (χ2n) is 5.14. The molecule has 2 aliphatic heterocycles. The van der Waals surface area contributed by atoms with Gasteiger partial charge in [0.15, 0.2) is 16.0 Å². The molecule has 22 heavy (non-hydrogen) atoms. The topological polar surface area (TPSA) is 93.0 Å². The maximum absolute atomic E-state index is 11.9. The zero-order valence-electron chi connectivity index (χ0n) is 11.5. The monoisotopic (exact) mass is 316 g/mol. The molecule has 8 nitrogen and oxygen atoms in total. The summed E-state index contributed by atoms with van der Waals surface area (Å²) in [6, 6.07) is 0. The molecule has 0 radical (unpaired) electrons. The number of rotatable bonds is 3. The summed E-state index contributed by atoms with van der Waals surface area (Å²) in [6.45, 7) is 2.16. The summed E-state index contributed by atoms with van der Waals surface area (Å²) in [7, 11) is -1.54. The Morgan fingerprint density at radius 1 is 1.23 bits per heavy atom. The second kappa shape index (κ2) is 5.11. The first-order valence-corrected chi connectivity index (χ1v) is 7.82. The lowest BCUT2D eigenvalue weighted by molar-refractivity contribution is -0.114. The standard InChI is InChI=1S/C13H12N6O2S/c20-12-1-13(22(21)17-12)19-11-7-18(6-10(11)4-16-19)5-9-2-14-8-15-3-9/h1-4,8H,5-7H2,(H,17,20). The summed E-state index contributed by atoms with van der Waals surface area (Å²) >= 11 is 0. The molecule has 1 amide bonds. The van der Waals surface area contributed by atoms with Gasteiger partial charge in [-0.15, -0.1) is 0 Å². The molecule has 1 unspecified atom stereocenters. The lowest BCUT2D eigenvalue weighted by Gasteiger charge is -2.15. The molecule has 2 aromatic rings. The molecular formula is C13H12N6O2S. The van der Waals surface area contributed by atoms with Gasteiger partial charge in [0.05, 0.1) is 11.9 Å². The molecule has 9 heteroatoms. The van der Waals surface area contributed by atoms with Crippen LogP contribution in [0.3, 0.4) is 0 Å². The van der Waals surface area contributed by atoms with Crippen molar-refractivity contribution in [2.45, 2.75) is 19.6 Å². The SMILES string of the molecule is O=C1C=C(n2ncc3c2CN(Cc2cncnc2)C3)S(=O)N1. The molecule has 2 aromatic heterocycles. The highest BCUT2D eigenvalue weighted by atomic mass is 32.2. The lowest BCUT2D eigenvalue weighted by atomic mass is 10.3. The maximum Gasteiger partial charge on any atom is 0.258 e. The molecule has 0 fully saturated rings. The molecule has 0 aromatic carbocycles. The van der Waals surface area contributed by atoms with Crippen molar-refractivity contribution < 1.29 is 9.00 Å². The Kier molecular flexibility index (Phi) is 3.09. The molecule has 0 saturated heterocycles. The molecule has 1 N–H and O–H groups in total. The zero-order valence-corrected chi connectivity index (χ0v) is 12.3. The van der Waals surface area contributed by atoms with Crippen LogP contribution in [0.25, 0.3) is 5.03 Å². The Morgan fingerprint density at radius 3 is 2.77 bits per heavy atom. The quantitative estimate of drug-likeness (QED) is 0.841. The Morgan fingerprint density at radius 2 is 2.05 bits per heavy atom. The van der Waals surface area contributed by atoms with Crippen molar-refractivity contribution in [1.82, 2.24) is 29.4 Å². The van der Waals surface area contributed by atoms with Gasteiger partial charge < -0.3 is 0 Å². The van der Waals surface area contributed by atoms with Gasteiger partial charge in [0.2, 0.25) is 0 Å². The molecular weight excluding hydrogens is 304 g/mol. The van der Waals surface area contributed by atoms with E-state index < -0.39 is 11.0 Å². The highest BCUT2D eigenvalue weighted by Gasteiger charge is 2.29. The van der Waals surface area contributed by atoms with Gasteiger partial charge in [-0.1, -0.05) is 0 Å². The third kappa shape index (κ3) is 2.24. The van der Waals surface area contributed by atoms with Gasteiger partial charge in [-0.25, -0.2) is 18.9 Å². The molecule has 0 bridgehead atoms. The number of hydrogen-bond donors (Lipinski definition) is 1. The van der Waals surface area contributed by atoms with Gasteiger partial charge in [0.25, 0.3) is 5.91 Å². The Labute approximate surface area is 128 Å². The zero-order chi connectivity index (χ0) is 15.1. The van der Waals surface area contributed by atoms with Crippen molar-refractivity contribution >= 4 is 21.9 Å². The Hall–Kier alpha value is -2.39. The number of nitrogens with one attached hydrogen (secondary N) is 1. The van der Waals surface area contributed by atoms with Crippen LogP contribution in [0.1, 0.15) is 16.8 Å². The summed E-state index contributed by atoms with van der Waals surface area (Å²) in [4.78, 5) is 21.6. The van der Waals surface area contributed by atoms with Crippen LogP contribution in [0.2, 0.25) is 0 Å². The van der Waals surface area contributed by atoms with E-state index in [2.05, 4.69) is 24.7 Å². The minimum absolute atomic E-state index is 0.353. The van der Waals surface area contributed by atoms with Crippen LogP contribution in [-0.2, 0) is 35.4 Å². The molecule has 4 heterocycles. The third-order valence-electron chi connectivity index (χ3n) is 3.59. The number of fused-ring (bicyclic) bond motifs is 1. The first kappa shape index (κ1) is 13.3.